The van der Waals surface area contributed by atoms with E-state index in [1.807, 2.05) is 62.4 Å². The number of carboxylic acids is 1. The predicted molar refractivity (Wildman–Crippen MR) is 270 cm³/mol. The van der Waals surface area contributed by atoms with Crippen LogP contribution in [-0.4, -0.2) is 134 Å². The minimum absolute atomic E-state index is 0.0601. The minimum atomic E-state index is -1.53. The van der Waals surface area contributed by atoms with Crippen molar-refractivity contribution >= 4 is 53.7 Å². The Balaban J connectivity index is 1.31. The van der Waals surface area contributed by atoms with E-state index in [1.165, 1.54) is 19.4 Å². The van der Waals surface area contributed by atoms with Gasteiger partial charge in [0.25, 0.3) is 0 Å². The molecule has 74 heavy (non-hydrogen) atoms. The van der Waals surface area contributed by atoms with E-state index in [-0.39, 0.29) is 49.9 Å². The summed E-state index contributed by atoms with van der Waals surface area (Å²) in [6.45, 7) is 18.3. The van der Waals surface area contributed by atoms with E-state index in [1.54, 1.807) is 55.4 Å². The Morgan fingerprint density at radius 2 is 1.30 bits per heavy atom. The summed E-state index contributed by atoms with van der Waals surface area (Å²) in [5, 5.41) is 22.9. The molecule has 0 bridgehead atoms. The number of nitrogens with zero attached hydrogens (tertiary/aromatic N) is 3. The van der Waals surface area contributed by atoms with Gasteiger partial charge in [-0.3, -0.25) is 28.8 Å². The van der Waals surface area contributed by atoms with E-state index in [0.29, 0.717) is 6.42 Å². The number of imidazole rings is 1. The number of aromatic nitrogens is 2. The lowest BCUT2D eigenvalue weighted by Crippen LogP contribution is -2.60. The maximum Gasteiger partial charge on any atom is 0.419 e. The standard InChI is InChI=1S/C53H72N8O13/c1-29(2)23-38(46(65)59-43(30(3)4)47(66)55-31(5)44(63)57-40(25-42(62)73-52(6,7)8)48(67)61-22-16-21-41(61)49(68)69)56-45(64)39(24-32-26-60(28-54-32)51(71)74-53(9,10)11)58-50(70)72-27-37-35-19-14-12-17-33(35)34-18-13-15-20-36(34)37/h12-15,17-20,26,28-31,37-41,43H,16,21-25,27H2,1-11H3,(H,55,66)(H,56,64)(H,57,63)(H,58,70)(H,59,65)(H,68,69)/t31-,38-,39-,40-,41-,43-/m0/s1. The number of aliphatic carboxylic acids is 1. The quantitative estimate of drug-likeness (QED) is 0.0668. The SMILES string of the molecule is CC(C)C[C@H](NC(=O)[C@H](Cc1cn(C(=O)OC(C)(C)C)cn1)NC(=O)OCC1c2ccccc2-c2ccccc21)C(=O)N[C@H](C(=O)N[C@@H](C)C(=O)N[C@@H](CC(=O)OC(C)(C)C)C(=O)N1CCC[C@H]1C(=O)O)C(C)C. The zero-order chi connectivity index (χ0) is 54.8. The number of carboxylic acid groups (broad SMARTS) is 1. The number of benzene rings is 2. The van der Waals surface area contributed by atoms with Crippen molar-refractivity contribution in [3.8, 4) is 11.1 Å². The number of carbonyl (C=O) groups is 9. The predicted octanol–water partition coefficient (Wildman–Crippen LogP) is 4.58. The fourth-order valence-corrected chi connectivity index (χ4v) is 8.75. The highest BCUT2D eigenvalue weighted by Gasteiger charge is 2.40. The Bertz CT molecular complexity index is 2520. The van der Waals surface area contributed by atoms with Crippen molar-refractivity contribution in [1.29, 1.82) is 0 Å². The highest BCUT2D eigenvalue weighted by atomic mass is 16.6. The van der Waals surface area contributed by atoms with Crippen LogP contribution in [0.4, 0.5) is 9.59 Å². The van der Waals surface area contributed by atoms with Gasteiger partial charge < -0.3 is 50.8 Å². The number of alkyl carbamates (subject to hydrolysis) is 1. The van der Waals surface area contributed by atoms with Gasteiger partial charge in [-0.25, -0.2) is 23.9 Å². The number of rotatable bonds is 20. The molecule has 2 aromatic carbocycles. The van der Waals surface area contributed by atoms with Crippen molar-refractivity contribution < 1.29 is 62.5 Å². The summed E-state index contributed by atoms with van der Waals surface area (Å²) < 4.78 is 17.7. The lowest BCUT2D eigenvalue weighted by atomic mass is 9.98. The monoisotopic (exact) mass is 1030 g/mol. The molecule has 6 atom stereocenters. The average Bonchev–Trinajstić information content (AvgIpc) is 4.06. The Kier molecular flexibility index (Phi) is 19.1. The zero-order valence-electron chi connectivity index (χ0n) is 44.1. The molecule has 21 nitrogen and oxygen atoms in total. The van der Waals surface area contributed by atoms with Crippen molar-refractivity contribution in [2.24, 2.45) is 11.8 Å². The second kappa shape index (κ2) is 24.6. The molecule has 0 saturated carbocycles. The molecule has 21 heteroatoms. The van der Waals surface area contributed by atoms with E-state index in [2.05, 4.69) is 31.6 Å². The van der Waals surface area contributed by atoms with E-state index < -0.39 is 113 Å². The number of carbonyl (C=O) groups excluding carboxylic acids is 8. The number of amides is 6. The summed E-state index contributed by atoms with van der Waals surface area (Å²) >= 11 is 0. The molecule has 5 rings (SSSR count). The van der Waals surface area contributed by atoms with Gasteiger partial charge in [0.05, 0.1) is 12.1 Å². The topological polar surface area (TPSA) is 283 Å². The summed E-state index contributed by atoms with van der Waals surface area (Å²) in [7, 11) is 0. The highest BCUT2D eigenvalue weighted by Crippen LogP contribution is 2.44. The van der Waals surface area contributed by atoms with Crippen molar-refractivity contribution in [2.45, 2.75) is 162 Å². The molecule has 3 aromatic rings. The molecule has 1 saturated heterocycles. The molecule has 6 N–H and O–H groups in total. The van der Waals surface area contributed by atoms with Gasteiger partial charge >= 0.3 is 24.1 Å². The van der Waals surface area contributed by atoms with Gasteiger partial charge in [0, 0.05) is 25.1 Å². The van der Waals surface area contributed by atoms with E-state index in [9.17, 15) is 48.3 Å². The van der Waals surface area contributed by atoms with Crippen molar-refractivity contribution in [3.63, 3.8) is 0 Å². The van der Waals surface area contributed by atoms with Gasteiger partial charge in [-0.15, -0.1) is 0 Å². The molecule has 2 aliphatic rings. The number of nitrogens with one attached hydrogen (secondary N) is 5. The molecule has 1 aliphatic heterocycles. The first kappa shape index (κ1) is 57.6. The molecule has 2 heterocycles. The van der Waals surface area contributed by atoms with Gasteiger partial charge in [-0.2, -0.15) is 0 Å². The van der Waals surface area contributed by atoms with Crippen LogP contribution in [0.25, 0.3) is 11.1 Å². The summed E-state index contributed by atoms with van der Waals surface area (Å²) in [4.78, 5) is 127. The minimum Gasteiger partial charge on any atom is -0.480 e. The summed E-state index contributed by atoms with van der Waals surface area (Å²) in [5.74, 6) is -7.12. The first-order valence-corrected chi connectivity index (χ1v) is 25.0. The third-order valence-electron chi connectivity index (χ3n) is 12.2. The van der Waals surface area contributed by atoms with Crippen molar-refractivity contribution in [2.75, 3.05) is 13.2 Å². The van der Waals surface area contributed by atoms with Crippen LogP contribution in [0.3, 0.4) is 0 Å². The molecular formula is C53H72N8O13. The molecular weight excluding hydrogens is 957 g/mol. The van der Waals surface area contributed by atoms with Crippen LogP contribution < -0.4 is 26.6 Å². The number of likely N-dealkylation sites (tertiary alicyclic amines) is 1. The highest BCUT2D eigenvalue weighted by molar-refractivity contribution is 5.97. The third-order valence-corrected chi connectivity index (χ3v) is 12.2. The van der Waals surface area contributed by atoms with Crippen molar-refractivity contribution in [1.82, 2.24) is 41.0 Å². The Hall–Kier alpha value is -7.32. The average molecular weight is 1030 g/mol. The Morgan fingerprint density at radius 1 is 0.716 bits per heavy atom. The van der Waals surface area contributed by atoms with Crippen LogP contribution in [0, 0.1) is 11.8 Å². The lowest BCUT2D eigenvalue weighted by Gasteiger charge is -2.29. The maximum atomic E-state index is 14.4. The Morgan fingerprint density at radius 3 is 1.86 bits per heavy atom. The van der Waals surface area contributed by atoms with Crippen LogP contribution in [0.1, 0.15) is 125 Å². The molecule has 1 aliphatic carbocycles. The van der Waals surface area contributed by atoms with Gasteiger partial charge in [-0.05, 0) is 102 Å². The van der Waals surface area contributed by atoms with Gasteiger partial charge in [0.15, 0.2) is 0 Å². The fraction of sp³-hybridized carbons (Fsp3) is 0.547. The molecule has 402 valence electrons. The second-order valence-corrected chi connectivity index (χ2v) is 21.5. The van der Waals surface area contributed by atoms with Crippen LogP contribution in [0.15, 0.2) is 61.1 Å². The third kappa shape index (κ3) is 15.8. The zero-order valence-corrected chi connectivity index (χ0v) is 44.1. The molecule has 0 unspecified atom stereocenters. The second-order valence-electron chi connectivity index (χ2n) is 21.5. The lowest BCUT2D eigenvalue weighted by molar-refractivity contribution is -0.158. The van der Waals surface area contributed by atoms with Crippen molar-refractivity contribution in [3.05, 3.63) is 77.9 Å². The number of hydrogen-bond acceptors (Lipinski definition) is 13. The number of esters is 1. The normalized spacial score (nSPS) is 16.4. The summed E-state index contributed by atoms with van der Waals surface area (Å²) in [6.07, 6.45) is 0.731. The fourth-order valence-electron chi connectivity index (χ4n) is 8.75. The van der Waals surface area contributed by atoms with E-state index >= 15 is 0 Å². The first-order valence-electron chi connectivity index (χ1n) is 25.0. The van der Waals surface area contributed by atoms with Crippen LogP contribution >= 0.6 is 0 Å². The van der Waals surface area contributed by atoms with E-state index in [0.717, 1.165) is 31.7 Å². The van der Waals surface area contributed by atoms with Crippen LogP contribution in [0.2, 0.25) is 0 Å². The Labute approximate surface area is 431 Å². The molecule has 0 radical (unpaired) electrons. The van der Waals surface area contributed by atoms with Gasteiger partial charge in [0.2, 0.25) is 29.5 Å². The number of ether oxygens (including phenoxy) is 3. The maximum absolute atomic E-state index is 14.4. The molecule has 1 aromatic heterocycles. The smallest absolute Gasteiger partial charge is 0.419 e. The largest absolute Gasteiger partial charge is 0.480 e. The first-order chi connectivity index (χ1) is 34.6. The summed E-state index contributed by atoms with van der Waals surface area (Å²) in [6, 6.07) is 7.66. The van der Waals surface area contributed by atoms with E-state index in [4.69, 9.17) is 14.2 Å². The van der Waals surface area contributed by atoms with Gasteiger partial charge in [-0.1, -0.05) is 76.2 Å². The number of hydrogen-bond donors (Lipinski definition) is 6. The van der Waals surface area contributed by atoms with Crippen LogP contribution in [0.5, 0.6) is 0 Å². The number of fused-ring (bicyclic) bond motifs is 3. The van der Waals surface area contributed by atoms with Crippen LogP contribution in [-0.2, 0) is 54.2 Å². The molecule has 1 fully saturated rings. The van der Waals surface area contributed by atoms with Gasteiger partial charge in [0.1, 0.15) is 60.4 Å². The molecule has 0 spiro atoms. The molecule has 6 amide bonds. The summed E-state index contributed by atoms with van der Waals surface area (Å²) in [5.41, 5.74) is 2.46.